The number of aromatic nitrogens is 2. The first-order valence-electron chi connectivity index (χ1n) is 13.8. The third kappa shape index (κ3) is 6.50. The smallest absolute Gasteiger partial charge is 0.274 e. The number of nitrogens with one attached hydrogen (secondary N) is 1. The standard InChI is InChI=1S/C29H34N4O6S2/c1-2-21-6-8-22(9-7-21)24-10-11-25(40-24)29(19-26(34)32-39-27-5-3-4-17-38-27)12-15-33(16-18-41(29,36)37)28(35)23-20-30-13-14-31-23/h6-11,13-14,20,27H,2-5,12,15-19H2,1H3,(H,32,34)/t27?,29-/m0/s1. The van der Waals surface area contributed by atoms with Crippen LogP contribution in [-0.4, -0.2) is 66.8 Å². The molecule has 41 heavy (non-hydrogen) atoms. The molecule has 2 saturated heterocycles. The van der Waals surface area contributed by atoms with Gasteiger partial charge in [-0.2, -0.15) is 0 Å². The molecule has 2 amide bonds. The van der Waals surface area contributed by atoms with Crippen LogP contribution in [0.3, 0.4) is 0 Å². The summed E-state index contributed by atoms with van der Waals surface area (Å²) in [5.74, 6) is -1.25. The van der Waals surface area contributed by atoms with Gasteiger partial charge in [0, 0.05) is 48.3 Å². The highest BCUT2D eigenvalue weighted by Crippen LogP contribution is 2.45. The van der Waals surface area contributed by atoms with E-state index in [1.807, 2.05) is 18.2 Å². The average molecular weight is 599 g/mol. The van der Waals surface area contributed by atoms with Gasteiger partial charge in [-0.15, -0.1) is 11.3 Å². The Hall–Kier alpha value is -3.19. The zero-order valence-electron chi connectivity index (χ0n) is 23.0. The third-order valence-electron chi connectivity index (χ3n) is 7.67. The van der Waals surface area contributed by atoms with Crippen LogP contribution in [-0.2, 0) is 35.4 Å². The van der Waals surface area contributed by atoms with Crippen molar-refractivity contribution in [3.05, 3.63) is 71.1 Å². The lowest BCUT2D eigenvalue weighted by atomic mass is 9.97. The summed E-state index contributed by atoms with van der Waals surface area (Å²) in [7, 11) is -3.91. The molecule has 0 spiro atoms. The van der Waals surface area contributed by atoms with Crippen molar-refractivity contribution in [3.63, 3.8) is 0 Å². The first-order valence-corrected chi connectivity index (χ1v) is 16.3. The SMILES string of the molecule is CCc1ccc(-c2ccc([C@@]3(CC(=O)NOC4CCCCO4)CCN(C(=O)c4cnccn4)CCS3(=O)=O)s2)cc1. The summed E-state index contributed by atoms with van der Waals surface area (Å²) in [6.45, 7) is 2.76. The highest BCUT2D eigenvalue weighted by molar-refractivity contribution is 7.92. The maximum atomic E-state index is 14.1. The zero-order chi connectivity index (χ0) is 28.9. The van der Waals surface area contributed by atoms with E-state index in [-0.39, 0.29) is 37.4 Å². The number of sulfone groups is 1. The van der Waals surface area contributed by atoms with Crippen LogP contribution in [0.1, 0.15) is 60.0 Å². The highest BCUT2D eigenvalue weighted by atomic mass is 32.2. The van der Waals surface area contributed by atoms with Crippen molar-refractivity contribution in [2.75, 3.05) is 25.4 Å². The van der Waals surface area contributed by atoms with Gasteiger partial charge in [-0.05, 0) is 48.9 Å². The maximum absolute atomic E-state index is 14.1. The van der Waals surface area contributed by atoms with Gasteiger partial charge >= 0.3 is 0 Å². The number of carbonyl (C=O) groups excluding carboxylic acids is 2. The molecule has 2 aromatic heterocycles. The van der Waals surface area contributed by atoms with Crippen LogP contribution in [0.5, 0.6) is 0 Å². The monoisotopic (exact) mass is 598 g/mol. The number of carbonyl (C=O) groups is 2. The van der Waals surface area contributed by atoms with Crippen molar-refractivity contribution >= 4 is 33.0 Å². The highest BCUT2D eigenvalue weighted by Gasteiger charge is 2.50. The van der Waals surface area contributed by atoms with E-state index in [0.717, 1.165) is 29.7 Å². The second-order valence-corrected chi connectivity index (χ2v) is 13.8. The Bertz CT molecular complexity index is 1460. The average Bonchev–Trinajstić information content (AvgIpc) is 3.46. The first kappa shape index (κ1) is 29.3. The molecule has 0 saturated carbocycles. The van der Waals surface area contributed by atoms with Crippen LogP contribution in [0.4, 0.5) is 0 Å². The number of amides is 2. The summed E-state index contributed by atoms with van der Waals surface area (Å²) in [5.41, 5.74) is 4.77. The van der Waals surface area contributed by atoms with Gasteiger partial charge in [0.2, 0.25) is 5.91 Å². The van der Waals surface area contributed by atoms with Crippen LogP contribution in [0, 0.1) is 0 Å². The number of thiophene rings is 1. The predicted molar refractivity (Wildman–Crippen MR) is 155 cm³/mol. The van der Waals surface area contributed by atoms with Crippen molar-refractivity contribution in [2.24, 2.45) is 0 Å². The Kier molecular flexibility index (Phi) is 9.12. The first-order chi connectivity index (χ1) is 19.8. The third-order valence-corrected chi connectivity index (χ3v) is 11.6. The number of aryl methyl sites for hydroxylation is 1. The summed E-state index contributed by atoms with van der Waals surface area (Å²) in [4.78, 5) is 42.9. The molecule has 10 nitrogen and oxygen atoms in total. The molecule has 12 heteroatoms. The number of nitrogens with zero attached hydrogens (tertiary/aromatic N) is 3. The Morgan fingerprint density at radius 3 is 2.68 bits per heavy atom. The molecule has 2 atom stereocenters. The topological polar surface area (TPSA) is 128 Å². The summed E-state index contributed by atoms with van der Waals surface area (Å²) in [6, 6.07) is 11.9. The van der Waals surface area contributed by atoms with E-state index in [4.69, 9.17) is 9.57 Å². The quantitative estimate of drug-likeness (QED) is 0.387. The molecule has 0 aliphatic carbocycles. The second kappa shape index (κ2) is 12.8. The van der Waals surface area contributed by atoms with E-state index < -0.39 is 32.7 Å². The fourth-order valence-electron chi connectivity index (χ4n) is 5.22. The van der Waals surface area contributed by atoms with Crippen LogP contribution in [0.15, 0.2) is 55.0 Å². The van der Waals surface area contributed by atoms with Gasteiger partial charge in [-0.3, -0.25) is 14.6 Å². The largest absolute Gasteiger partial charge is 0.350 e. The minimum Gasteiger partial charge on any atom is -0.350 e. The zero-order valence-corrected chi connectivity index (χ0v) is 24.6. The lowest BCUT2D eigenvalue weighted by Gasteiger charge is -2.31. The van der Waals surface area contributed by atoms with Gasteiger partial charge in [0.25, 0.3) is 5.91 Å². The van der Waals surface area contributed by atoms with Gasteiger partial charge in [-0.1, -0.05) is 31.2 Å². The maximum Gasteiger partial charge on any atom is 0.274 e. The molecule has 2 fully saturated rings. The fourth-order valence-corrected chi connectivity index (χ4v) is 8.83. The lowest BCUT2D eigenvalue weighted by molar-refractivity contribution is -0.200. The van der Waals surface area contributed by atoms with Crippen LogP contribution in [0.2, 0.25) is 0 Å². The summed E-state index contributed by atoms with van der Waals surface area (Å²) >= 11 is 1.36. The van der Waals surface area contributed by atoms with Crippen molar-refractivity contribution in [1.82, 2.24) is 20.3 Å². The van der Waals surface area contributed by atoms with E-state index in [1.54, 1.807) is 6.07 Å². The molecule has 1 unspecified atom stereocenters. The summed E-state index contributed by atoms with van der Waals surface area (Å²) in [5, 5.41) is 0. The molecule has 4 heterocycles. The molecular weight excluding hydrogens is 564 g/mol. The molecule has 2 aliphatic rings. The number of hydrogen-bond acceptors (Lipinski definition) is 9. The predicted octanol–water partition coefficient (Wildman–Crippen LogP) is 3.89. The molecule has 2 aliphatic heterocycles. The van der Waals surface area contributed by atoms with Crippen molar-refractivity contribution in [1.29, 1.82) is 0 Å². The van der Waals surface area contributed by atoms with Crippen LogP contribution < -0.4 is 5.48 Å². The molecule has 1 aromatic carbocycles. The van der Waals surface area contributed by atoms with E-state index in [2.05, 4.69) is 34.5 Å². The van der Waals surface area contributed by atoms with Gasteiger partial charge in [0.1, 0.15) is 10.4 Å². The van der Waals surface area contributed by atoms with Gasteiger partial charge in [0.15, 0.2) is 16.1 Å². The molecule has 218 valence electrons. The molecule has 0 bridgehead atoms. The van der Waals surface area contributed by atoms with Crippen LogP contribution in [0.25, 0.3) is 10.4 Å². The van der Waals surface area contributed by atoms with E-state index in [1.165, 1.54) is 40.4 Å². The Labute approximate surface area is 244 Å². The molecule has 0 radical (unpaired) electrons. The number of ether oxygens (including phenoxy) is 1. The fraction of sp³-hybridized carbons (Fsp3) is 0.448. The molecule has 1 N–H and O–H groups in total. The van der Waals surface area contributed by atoms with Gasteiger partial charge in [0.05, 0.1) is 18.4 Å². The normalized spacial score (nSPS) is 22.6. The van der Waals surface area contributed by atoms with Crippen LogP contribution >= 0.6 is 11.3 Å². The minimum absolute atomic E-state index is 0.00969. The number of rotatable bonds is 8. The molecule has 5 rings (SSSR count). The Balaban J connectivity index is 1.45. The Morgan fingerprint density at radius 1 is 1.15 bits per heavy atom. The number of hydroxylamine groups is 1. The molecular formula is C29H34N4O6S2. The summed E-state index contributed by atoms with van der Waals surface area (Å²) < 4.78 is 32.2. The molecule has 3 aromatic rings. The lowest BCUT2D eigenvalue weighted by Crippen LogP contribution is -2.43. The van der Waals surface area contributed by atoms with E-state index >= 15 is 0 Å². The Morgan fingerprint density at radius 2 is 1.98 bits per heavy atom. The van der Waals surface area contributed by atoms with Gasteiger partial charge < -0.3 is 9.64 Å². The number of hydrogen-bond donors (Lipinski definition) is 1. The minimum atomic E-state index is -3.91. The van der Waals surface area contributed by atoms with E-state index in [0.29, 0.717) is 17.9 Å². The van der Waals surface area contributed by atoms with Gasteiger partial charge in [-0.25, -0.2) is 23.7 Å². The summed E-state index contributed by atoms with van der Waals surface area (Å²) in [6.07, 6.45) is 6.82. The second-order valence-electron chi connectivity index (χ2n) is 10.3. The van der Waals surface area contributed by atoms with E-state index in [9.17, 15) is 18.0 Å². The number of benzene rings is 1. The van der Waals surface area contributed by atoms with Crippen molar-refractivity contribution in [3.8, 4) is 10.4 Å². The van der Waals surface area contributed by atoms with Crippen molar-refractivity contribution < 1.29 is 27.6 Å². The van der Waals surface area contributed by atoms with Crippen molar-refractivity contribution in [2.45, 2.75) is 56.5 Å².